The Hall–Kier alpha value is -1.56. The Morgan fingerprint density at radius 1 is 1.12 bits per heavy atom. The lowest BCUT2D eigenvalue weighted by Crippen LogP contribution is -2.25. The van der Waals surface area contributed by atoms with Gasteiger partial charge in [-0.3, -0.25) is 0 Å². The first-order valence-corrected chi connectivity index (χ1v) is 5.76. The van der Waals surface area contributed by atoms with E-state index in [0.717, 1.165) is 31.6 Å². The maximum Gasteiger partial charge on any atom is 0.143 e. The quantitative estimate of drug-likeness (QED) is 0.724. The van der Waals surface area contributed by atoms with Crippen molar-refractivity contribution in [3.63, 3.8) is 0 Å². The molecule has 0 aromatic heterocycles. The first kappa shape index (κ1) is 10.9. The molecule has 3 heteroatoms. The molecule has 0 amide bonds. The normalized spacial score (nSPS) is 16.6. The Balaban J connectivity index is 2.31. The van der Waals surface area contributed by atoms with Crippen LogP contribution in [0.1, 0.15) is 31.2 Å². The summed E-state index contributed by atoms with van der Waals surface area (Å²) in [6.45, 7) is 1.86. The van der Waals surface area contributed by atoms with E-state index in [0.29, 0.717) is 0 Å². The van der Waals surface area contributed by atoms with Crippen molar-refractivity contribution in [3.05, 3.63) is 29.6 Å². The van der Waals surface area contributed by atoms with Gasteiger partial charge in [-0.1, -0.05) is 18.9 Å². The van der Waals surface area contributed by atoms with E-state index in [4.69, 9.17) is 5.26 Å². The number of hydrogen-bond acceptors (Lipinski definition) is 2. The van der Waals surface area contributed by atoms with Crippen molar-refractivity contribution < 1.29 is 4.39 Å². The molecule has 0 unspecified atom stereocenters. The molecule has 1 aromatic carbocycles. The lowest BCUT2D eigenvalue weighted by molar-refractivity contribution is 0.622. The summed E-state index contributed by atoms with van der Waals surface area (Å²) < 4.78 is 13.5. The minimum Gasteiger partial charge on any atom is -0.370 e. The van der Waals surface area contributed by atoms with Crippen molar-refractivity contribution in [1.82, 2.24) is 0 Å². The predicted octanol–water partition coefficient (Wildman–Crippen LogP) is 3.08. The van der Waals surface area contributed by atoms with Gasteiger partial charge in [-0.05, 0) is 25.0 Å². The van der Waals surface area contributed by atoms with Crippen LogP contribution < -0.4 is 4.90 Å². The van der Waals surface area contributed by atoms with Gasteiger partial charge in [0.1, 0.15) is 17.4 Å². The second-order valence-electron chi connectivity index (χ2n) is 4.15. The Morgan fingerprint density at radius 2 is 1.81 bits per heavy atom. The molecule has 0 aliphatic carbocycles. The van der Waals surface area contributed by atoms with Gasteiger partial charge < -0.3 is 4.90 Å². The second kappa shape index (κ2) is 4.98. The molecule has 2 rings (SSSR count). The van der Waals surface area contributed by atoms with Crippen LogP contribution in [-0.2, 0) is 0 Å². The van der Waals surface area contributed by atoms with E-state index in [1.807, 2.05) is 12.1 Å². The van der Waals surface area contributed by atoms with Crippen LogP contribution >= 0.6 is 0 Å². The highest BCUT2D eigenvalue weighted by Gasteiger charge is 2.15. The van der Waals surface area contributed by atoms with Crippen molar-refractivity contribution in [1.29, 1.82) is 5.26 Å². The van der Waals surface area contributed by atoms with Gasteiger partial charge in [0.05, 0.1) is 5.69 Å². The third kappa shape index (κ3) is 2.16. The van der Waals surface area contributed by atoms with Gasteiger partial charge >= 0.3 is 0 Å². The third-order valence-corrected chi connectivity index (χ3v) is 3.05. The predicted molar refractivity (Wildman–Crippen MR) is 61.8 cm³/mol. The van der Waals surface area contributed by atoms with E-state index in [1.165, 1.54) is 18.9 Å². The number of rotatable bonds is 1. The van der Waals surface area contributed by atoms with Crippen LogP contribution in [-0.4, -0.2) is 13.1 Å². The molecular weight excluding hydrogens is 203 g/mol. The minimum absolute atomic E-state index is 0.185. The Kier molecular flexibility index (Phi) is 3.40. The lowest BCUT2D eigenvalue weighted by Gasteiger charge is -2.23. The van der Waals surface area contributed by atoms with Crippen LogP contribution in [0.2, 0.25) is 0 Å². The molecule has 16 heavy (non-hydrogen) atoms. The first-order valence-electron chi connectivity index (χ1n) is 5.76. The second-order valence-corrected chi connectivity index (χ2v) is 4.15. The SMILES string of the molecule is N#Cc1c(F)cccc1N1CCCCCC1. The third-order valence-electron chi connectivity index (χ3n) is 3.05. The summed E-state index contributed by atoms with van der Waals surface area (Å²) in [5, 5.41) is 8.98. The largest absolute Gasteiger partial charge is 0.370 e. The minimum atomic E-state index is -0.413. The summed E-state index contributed by atoms with van der Waals surface area (Å²) in [4.78, 5) is 2.13. The summed E-state index contributed by atoms with van der Waals surface area (Å²) in [6.07, 6.45) is 4.71. The zero-order valence-corrected chi connectivity index (χ0v) is 9.25. The summed E-state index contributed by atoms with van der Waals surface area (Å²) in [6, 6.07) is 6.83. The molecule has 1 saturated heterocycles. The summed E-state index contributed by atoms with van der Waals surface area (Å²) in [7, 11) is 0. The molecule has 0 atom stereocenters. The standard InChI is InChI=1S/C13H15FN2/c14-12-6-5-7-13(11(12)10-15)16-8-3-1-2-4-9-16/h5-7H,1-4,8-9H2. The van der Waals surface area contributed by atoms with Crippen LogP contribution in [0.25, 0.3) is 0 Å². The van der Waals surface area contributed by atoms with Crippen LogP contribution in [0.15, 0.2) is 18.2 Å². The monoisotopic (exact) mass is 218 g/mol. The molecule has 1 aliphatic rings. The van der Waals surface area contributed by atoms with Gasteiger partial charge in [-0.25, -0.2) is 4.39 Å². The Bertz CT molecular complexity index is 401. The molecule has 0 saturated carbocycles. The smallest absolute Gasteiger partial charge is 0.143 e. The van der Waals surface area contributed by atoms with Gasteiger partial charge in [0.2, 0.25) is 0 Å². The number of anilines is 1. The zero-order valence-electron chi connectivity index (χ0n) is 9.25. The maximum absolute atomic E-state index is 13.5. The van der Waals surface area contributed by atoms with Crippen molar-refractivity contribution in [2.75, 3.05) is 18.0 Å². The van der Waals surface area contributed by atoms with Gasteiger partial charge in [0.25, 0.3) is 0 Å². The highest BCUT2D eigenvalue weighted by atomic mass is 19.1. The number of nitriles is 1. The molecule has 1 aliphatic heterocycles. The average Bonchev–Trinajstić information content (AvgIpc) is 2.57. The van der Waals surface area contributed by atoms with Crippen LogP contribution in [0.5, 0.6) is 0 Å². The lowest BCUT2D eigenvalue weighted by atomic mass is 10.1. The molecule has 0 radical (unpaired) electrons. The molecule has 1 fully saturated rings. The van der Waals surface area contributed by atoms with Gasteiger partial charge in [0.15, 0.2) is 0 Å². The molecule has 2 nitrogen and oxygen atoms in total. The van der Waals surface area contributed by atoms with E-state index in [-0.39, 0.29) is 5.56 Å². The summed E-state index contributed by atoms with van der Waals surface area (Å²) in [5.41, 5.74) is 0.939. The number of nitrogens with zero attached hydrogens (tertiary/aromatic N) is 2. The molecule has 0 spiro atoms. The fraction of sp³-hybridized carbons (Fsp3) is 0.462. The Morgan fingerprint density at radius 3 is 2.44 bits per heavy atom. The average molecular weight is 218 g/mol. The topological polar surface area (TPSA) is 27.0 Å². The molecule has 1 aromatic rings. The van der Waals surface area contributed by atoms with Gasteiger partial charge in [0, 0.05) is 13.1 Å². The van der Waals surface area contributed by atoms with E-state index in [1.54, 1.807) is 6.07 Å². The van der Waals surface area contributed by atoms with Crippen LogP contribution in [0.3, 0.4) is 0 Å². The van der Waals surface area contributed by atoms with E-state index in [9.17, 15) is 4.39 Å². The summed E-state index contributed by atoms with van der Waals surface area (Å²) >= 11 is 0. The first-order chi connectivity index (χ1) is 7.83. The van der Waals surface area contributed by atoms with E-state index < -0.39 is 5.82 Å². The number of hydrogen-bond donors (Lipinski definition) is 0. The molecule has 0 bridgehead atoms. The zero-order chi connectivity index (χ0) is 11.4. The van der Waals surface area contributed by atoms with Crippen LogP contribution in [0.4, 0.5) is 10.1 Å². The van der Waals surface area contributed by atoms with Crippen molar-refractivity contribution in [3.8, 4) is 6.07 Å². The van der Waals surface area contributed by atoms with E-state index >= 15 is 0 Å². The molecule has 1 heterocycles. The molecular formula is C13H15FN2. The van der Waals surface area contributed by atoms with Crippen molar-refractivity contribution in [2.24, 2.45) is 0 Å². The van der Waals surface area contributed by atoms with Crippen LogP contribution in [0, 0.1) is 17.1 Å². The highest BCUT2D eigenvalue weighted by molar-refractivity contribution is 5.59. The van der Waals surface area contributed by atoms with E-state index in [2.05, 4.69) is 4.90 Å². The van der Waals surface area contributed by atoms with Gasteiger partial charge in [-0.2, -0.15) is 5.26 Å². The number of benzene rings is 1. The fourth-order valence-corrected chi connectivity index (χ4v) is 2.20. The van der Waals surface area contributed by atoms with Crippen molar-refractivity contribution >= 4 is 5.69 Å². The number of halogens is 1. The molecule has 0 N–H and O–H groups in total. The maximum atomic E-state index is 13.5. The summed E-state index contributed by atoms with van der Waals surface area (Å²) in [5.74, 6) is -0.413. The molecule has 84 valence electrons. The Labute approximate surface area is 95.3 Å². The fourth-order valence-electron chi connectivity index (χ4n) is 2.20. The highest BCUT2D eigenvalue weighted by Crippen LogP contribution is 2.25. The van der Waals surface area contributed by atoms with Crippen molar-refractivity contribution in [2.45, 2.75) is 25.7 Å². The van der Waals surface area contributed by atoms with Gasteiger partial charge in [-0.15, -0.1) is 0 Å².